The van der Waals surface area contributed by atoms with Gasteiger partial charge in [0.15, 0.2) is 0 Å². The zero-order chi connectivity index (χ0) is 15.3. The zero-order valence-corrected chi connectivity index (χ0v) is 12.0. The second-order valence-corrected chi connectivity index (χ2v) is 4.44. The van der Waals surface area contributed by atoms with Gasteiger partial charge in [-0.25, -0.2) is 4.79 Å². The van der Waals surface area contributed by atoms with Crippen LogP contribution in [0, 0.1) is 0 Å². The van der Waals surface area contributed by atoms with Gasteiger partial charge >= 0.3 is 5.69 Å². The molecule has 0 bridgehead atoms. The number of rotatable bonds is 6. The molecule has 0 saturated carbocycles. The summed E-state index contributed by atoms with van der Waals surface area (Å²) in [5.74, 6) is -0.215. The van der Waals surface area contributed by atoms with Crippen LogP contribution in [0.5, 0.6) is 0 Å². The molecule has 4 N–H and O–H groups in total. The van der Waals surface area contributed by atoms with Crippen molar-refractivity contribution in [2.75, 3.05) is 24.6 Å². The lowest BCUT2D eigenvalue weighted by Gasteiger charge is -2.15. The third kappa shape index (κ3) is 3.19. The molecule has 8 nitrogen and oxygen atoms in total. The molecule has 0 atom stereocenters. The lowest BCUT2D eigenvalue weighted by molar-refractivity contribution is -0.118. The first-order valence-corrected chi connectivity index (χ1v) is 6.47. The molecule has 0 spiro atoms. The highest BCUT2D eigenvalue weighted by atomic mass is 16.2. The van der Waals surface area contributed by atoms with Gasteiger partial charge in [-0.05, 0) is 6.42 Å². The Hall–Kier alpha value is -2.25. The van der Waals surface area contributed by atoms with Gasteiger partial charge in [-0.3, -0.25) is 18.7 Å². The number of nitrogens with zero attached hydrogens (tertiary/aromatic N) is 2. The molecule has 0 aliphatic rings. The van der Waals surface area contributed by atoms with Crippen LogP contribution in [0.4, 0.5) is 11.5 Å². The van der Waals surface area contributed by atoms with E-state index < -0.39 is 11.2 Å². The molecule has 0 radical (unpaired) electrons. The van der Waals surface area contributed by atoms with E-state index in [-0.39, 0.29) is 24.0 Å². The van der Waals surface area contributed by atoms with Gasteiger partial charge in [0, 0.05) is 20.6 Å². The maximum absolute atomic E-state index is 12.0. The summed E-state index contributed by atoms with van der Waals surface area (Å²) in [5, 5.41) is 5.12. The van der Waals surface area contributed by atoms with Crippen LogP contribution in [0.25, 0.3) is 0 Å². The molecule has 0 aliphatic heterocycles. The Morgan fingerprint density at radius 3 is 2.55 bits per heavy atom. The van der Waals surface area contributed by atoms with Crippen LogP contribution in [0.15, 0.2) is 9.59 Å². The molecule has 8 heteroatoms. The summed E-state index contributed by atoms with van der Waals surface area (Å²) in [7, 11) is 2.88. The monoisotopic (exact) mass is 283 g/mol. The Balaban J connectivity index is 3.23. The number of nitrogens with one attached hydrogen (secondary N) is 2. The van der Waals surface area contributed by atoms with Crippen LogP contribution in [0.2, 0.25) is 0 Å². The van der Waals surface area contributed by atoms with Crippen molar-refractivity contribution in [1.29, 1.82) is 0 Å². The Labute approximate surface area is 116 Å². The first kappa shape index (κ1) is 15.8. The molecular formula is C12H21N5O3. The minimum Gasteiger partial charge on any atom is -0.383 e. The predicted molar refractivity (Wildman–Crippen MR) is 77.8 cm³/mol. The van der Waals surface area contributed by atoms with Crippen molar-refractivity contribution < 1.29 is 4.79 Å². The number of hydrogen-bond acceptors (Lipinski definition) is 5. The zero-order valence-electron chi connectivity index (χ0n) is 12.0. The summed E-state index contributed by atoms with van der Waals surface area (Å²) >= 11 is 0. The van der Waals surface area contributed by atoms with Crippen LogP contribution >= 0.6 is 0 Å². The number of nitrogen functional groups attached to an aromatic ring is 1. The predicted octanol–water partition coefficient (Wildman–Crippen LogP) is -0.913. The molecule has 1 aromatic heterocycles. The molecule has 0 unspecified atom stereocenters. The quantitative estimate of drug-likeness (QED) is 0.625. The van der Waals surface area contributed by atoms with Crippen molar-refractivity contribution in [3.8, 4) is 0 Å². The van der Waals surface area contributed by atoms with E-state index in [9.17, 15) is 14.4 Å². The number of aromatic nitrogens is 2. The van der Waals surface area contributed by atoms with Gasteiger partial charge in [-0.15, -0.1) is 0 Å². The molecule has 1 aromatic rings. The Bertz CT molecular complexity index is 602. The summed E-state index contributed by atoms with van der Waals surface area (Å²) < 4.78 is 2.33. The number of likely N-dealkylation sites (N-methyl/N-ethyl adjacent to an activating group) is 1. The third-order valence-corrected chi connectivity index (χ3v) is 3.02. The van der Waals surface area contributed by atoms with Crippen LogP contribution in [0.1, 0.15) is 19.8 Å². The summed E-state index contributed by atoms with van der Waals surface area (Å²) in [6.45, 7) is 2.35. The van der Waals surface area contributed by atoms with E-state index >= 15 is 0 Å². The number of hydrogen-bond donors (Lipinski definition) is 3. The molecule has 1 rings (SSSR count). The van der Waals surface area contributed by atoms with Gasteiger partial charge in [-0.2, -0.15) is 0 Å². The van der Waals surface area contributed by atoms with Crippen molar-refractivity contribution >= 4 is 17.4 Å². The maximum Gasteiger partial charge on any atom is 0.332 e. The molecule has 20 heavy (non-hydrogen) atoms. The van der Waals surface area contributed by atoms with E-state index in [1.54, 1.807) is 0 Å². The minimum absolute atomic E-state index is 0.0652. The number of carbonyl (C=O) groups is 1. The standard InChI is InChI=1S/C12H21N5O3/c1-4-5-6-17-10(13)9(15-7-8(18)14-2)11(19)16(3)12(17)20/h15H,4-7,13H2,1-3H3,(H,14,18). The molecule has 0 aromatic carbocycles. The fraction of sp³-hybridized carbons (Fsp3) is 0.583. The van der Waals surface area contributed by atoms with E-state index in [1.807, 2.05) is 6.92 Å². The molecule has 0 fully saturated rings. The summed E-state index contributed by atoms with van der Waals surface area (Å²) in [5.41, 5.74) is 4.96. The summed E-state index contributed by atoms with van der Waals surface area (Å²) in [6, 6.07) is 0. The summed E-state index contributed by atoms with van der Waals surface area (Å²) in [6.07, 6.45) is 1.67. The van der Waals surface area contributed by atoms with E-state index in [2.05, 4.69) is 10.6 Å². The number of unbranched alkanes of at least 4 members (excludes halogenated alkanes) is 1. The SMILES string of the molecule is CCCCn1c(N)c(NCC(=O)NC)c(=O)n(C)c1=O. The van der Waals surface area contributed by atoms with Crippen molar-refractivity contribution in [1.82, 2.24) is 14.5 Å². The van der Waals surface area contributed by atoms with Gasteiger partial charge in [-0.1, -0.05) is 13.3 Å². The van der Waals surface area contributed by atoms with Crippen molar-refractivity contribution in [2.45, 2.75) is 26.3 Å². The molecule has 1 heterocycles. The van der Waals surface area contributed by atoms with E-state index in [4.69, 9.17) is 5.73 Å². The number of amides is 1. The number of carbonyl (C=O) groups excluding carboxylic acids is 1. The van der Waals surface area contributed by atoms with E-state index in [0.717, 1.165) is 17.4 Å². The highest BCUT2D eigenvalue weighted by molar-refractivity contribution is 5.81. The smallest absolute Gasteiger partial charge is 0.332 e. The maximum atomic E-state index is 12.0. The molecular weight excluding hydrogens is 262 g/mol. The Morgan fingerprint density at radius 2 is 2.00 bits per heavy atom. The first-order valence-electron chi connectivity index (χ1n) is 6.47. The van der Waals surface area contributed by atoms with Gasteiger partial charge < -0.3 is 16.4 Å². The minimum atomic E-state index is -0.538. The lowest BCUT2D eigenvalue weighted by atomic mass is 10.3. The first-order chi connectivity index (χ1) is 9.43. The van der Waals surface area contributed by atoms with Gasteiger partial charge in [0.05, 0.1) is 6.54 Å². The molecule has 112 valence electrons. The summed E-state index contributed by atoms with van der Waals surface area (Å²) in [4.78, 5) is 35.2. The van der Waals surface area contributed by atoms with Crippen molar-refractivity contribution in [3.63, 3.8) is 0 Å². The van der Waals surface area contributed by atoms with Crippen molar-refractivity contribution in [3.05, 3.63) is 20.8 Å². The average molecular weight is 283 g/mol. The highest BCUT2D eigenvalue weighted by Crippen LogP contribution is 2.11. The molecule has 0 aliphatic carbocycles. The lowest BCUT2D eigenvalue weighted by Crippen LogP contribution is -2.41. The normalized spacial score (nSPS) is 10.3. The second-order valence-electron chi connectivity index (χ2n) is 4.44. The van der Waals surface area contributed by atoms with Gasteiger partial charge in [0.1, 0.15) is 11.5 Å². The average Bonchev–Trinajstić information content (AvgIpc) is 2.44. The van der Waals surface area contributed by atoms with Gasteiger partial charge in [0.2, 0.25) is 5.91 Å². The third-order valence-electron chi connectivity index (χ3n) is 3.02. The van der Waals surface area contributed by atoms with Crippen LogP contribution in [-0.4, -0.2) is 28.6 Å². The molecule has 0 saturated heterocycles. The largest absolute Gasteiger partial charge is 0.383 e. The van der Waals surface area contributed by atoms with Crippen LogP contribution in [-0.2, 0) is 18.4 Å². The van der Waals surface area contributed by atoms with Crippen LogP contribution < -0.4 is 27.6 Å². The van der Waals surface area contributed by atoms with Gasteiger partial charge in [0.25, 0.3) is 5.56 Å². The number of nitrogens with two attached hydrogens (primary N) is 1. The fourth-order valence-electron chi connectivity index (χ4n) is 1.74. The van der Waals surface area contributed by atoms with Crippen LogP contribution in [0.3, 0.4) is 0 Å². The highest BCUT2D eigenvalue weighted by Gasteiger charge is 2.15. The Kier molecular flexibility index (Phi) is 5.36. The fourth-order valence-corrected chi connectivity index (χ4v) is 1.74. The Morgan fingerprint density at radius 1 is 1.35 bits per heavy atom. The second kappa shape index (κ2) is 6.78. The topological polar surface area (TPSA) is 111 Å². The van der Waals surface area contributed by atoms with E-state index in [1.165, 1.54) is 18.7 Å². The molecule has 1 amide bonds. The number of anilines is 2. The van der Waals surface area contributed by atoms with E-state index in [0.29, 0.717) is 6.54 Å². The van der Waals surface area contributed by atoms with Crippen molar-refractivity contribution in [2.24, 2.45) is 7.05 Å².